The highest BCUT2D eigenvalue weighted by molar-refractivity contribution is 6.15. The number of methoxy groups -OCH3 is 1. The Balaban J connectivity index is 1.44. The Kier molecular flexibility index (Phi) is 6.36. The second-order valence-electron chi connectivity index (χ2n) is 7.69. The maximum atomic E-state index is 12.7. The lowest BCUT2D eigenvalue weighted by Gasteiger charge is -2.12. The van der Waals surface area contributed by atoms with Crippen LogP contribution in [-0.4, -0.2) is 47.5 Å². The van der Waals surface area contributed by atoms with Gasteiger partial charge in [0.2, 0.25) is 5.91 Å². The Hall–Kier alpha value is -4.86. The summed E-state index contributed by atoms with van der Waals surface area (Å²) in [5.41, 5.74) is 2.02. The molecule has 2 aromatic carbocycles. The smallest absolute Gasteiger partial charge is 0.335 e. The predicted molar refractivity (Wildman–Crippen MR) is 126 cm³/mol. The van der Waals surface area contributed by atoms with Crippen LogP contribution in [0.2, 0.25) is 0 Å². The monoisotopic (exact) mass is 475 g/mol. The van der Waals surface area contributed by atoms with Gasteiger partial charge in [-0.1, -0.05) is 6.07 Å². The molecule has 1 aliphatic heterocycles. The zero-order valence-electron chi connectivity index (χ0n) is 18.8. The fourth-order valence-electron chi connectivity index (χ4n) is 3.52. The van der Waals surface area contributed by atoms with Gasteiger partial charge in [-0.25, -0.2) is 14.5 Å². The van der Waals surface area contributed by atoms with Crippen LogP contribution in [0.4, 0.5) is 10.5 Å². The largest absolute Gasteiger partial charge is 0.497 e. The third kappa shape index (κ3) is 5.06. The van der Waals surface area contributed by atoms with Crippen molar-refractivity contribution in [3.63, 3.8) is 0 Å². The SMILES string of the molecule is COc1ccc(NC(=O)CN2C(=O)N/C(=C\c3ccc(-c4ccc(C(=O)O)cc4C)o3)C2=O)cc1. The number of aromatic carboxylic acids is 1. The van der Waals surface area contributed by atoms with Crippen LogP contribution in [-0.2, 0) is 9.59 Å². The highest BCUT2D eigenvalue weighted by Crippen LogP contribution is 2.28. The Bertz CT molecular complexity index is 1360. The first kappa shape index (κ1) is 23.3. The van der Waals surface area contributed by atoms with Crippen LogP contribution in [0.5, 0.6) is 5.75 Å². The molecular formula is C25H21N3O7. The van der Waals surface area contributed by atoms with E-state index in [0.717, 1.165) is 4.90 Å². The molecule has 4 amide bonds. The van der Waals surface area contributed by atoms with Crippen molar-refractivity contribution in [2.24, 2.45) is 0 Å². The number of nitrogens with zero attached hydrogens (tertiary/aromatic N) is 1. The molecule has 1 fully saturated rings. The van der Waals surface area contributed by atoms with Crippen LogP contribution in [0.25, 0.3) is 17.4 Å². The van der Waals surface area contributed by atoms with Crippen LogP contribution < -0.4 is 15.4 Å². The van der Waals surface area contributed by atoms with Crippen molar-refractivity contribution >= 4 is 35.6 Å². The van der Waals surface area contributed by atoms with Gasteiger partial charge in [0.25, 0.3) is 5.91 Å². The number of imide groups is 1. The number of anilines is 1. The fraction of sp³-hybridized carbons (Fsp3) is 0.120. The van der Waals surface area contributed by atoms with E-state index >= 15 is 0 Å². The minimum Gasteiger partial charge on any atom is -0.497 e. The van der Waals surface area contributed by atoms with Crippen molar-refractivity contribution in [1.29, 1.82) is 0 Å². The van der Waals surface area contributed by atoms with Gasteiger partial charge in [-0.3, -0.25) is 9.59 Å². The van der Waals surface area contributed by atoms with Crippen LogP contribution >= 0.6 is 0 Å². The van der Waals surface area contributed by atoms with E-state index in [0.29, 0.717) is 34.1 Å². The number of rotatable bonds is 7. The van der Waals surface area contributed by atoms with Crippen molar-refractivity contribution in [2.45, 2.75) is 6.92 Å². The van der Waals surface area contributed by atoms with Crippen molar-refractivity contribution in [2.75, 3.05) is 19.0 Å². The molecule has 10 nitrogen and oxygen atoms in total. The molecule has 1 aliphatic rings. The number of carbonyl (C=O) groups is 4. The Morgan fingerprint density at radius 2 is 1.86 bits per heavy atom. The topological polar surface area (TPSA) is 138 Å². The van der Waals surface area contributed by atoms with Gasteiger partial charge in [0.05, 0.1) is 12.7 Å². The van der Waals surface area contributed by atoms with Crippen LogP contribution in [0.3, 0.4) is 0 Å². The minimum absolute atomic E-state index is 0.0360. The maximum Gasteiger partial charge on any atom is 0.335 e. The molecule has 1 saturated heterocycles. The molecule has 35 heavy (non-hydrogen) atoms. The number of carboxylic acids is 1. The molecule has 3 aromatic rings. The van der Waals surface area contributed by atoms with Gasteiger partial charge in [-0.15, -0.1) is 0 Å². The van der Waals surface area contributed by atoms with Gasteiger partial charge < -0.3 is 24.9 Å². The van der Waals surface area contributed by atoms with E-state index in [1.807, 2.05) is 0 Å². The molecule has 0 spiro atoms. The summed E-state index contributed by atoms with van der Waals surface area (Å²) < 4.78 is 10.8. The molecular weight excluding hydrogens is 454 g/mol. The van der Waals surface area contributed by atoms with E-state index in [2.05, 4.69) is 10.6 Å². The Labute approximate surface area is 199 Å². The highest BCUT2D eigenvalue weighted by atomic mass is 16.5. The van der Waals surface area contributed by atoms with E-state index in [4.69, 9.17) is 14.3 Å². The van der Waals surface area contributed by atoms with Crippen molar-refractivity contribution in [1.82, 2.24) is 10.2 Å². The predicted octanol–water partition coefficient (Wildman–Crippen LogP) is 3.49. The second-order valence-corrected chi connectivity index (χ2v) is 7.69. The summed E-state index contributed by atoms with van der Waals surface area (Å²) >= 11 is 0. The number of hydrogen-bond acceptors (Lipinski definition) is 6. The normalized spacial score (nSPS) is 14.2. The number of furan rings is 1. The highest BCUT2D eigenvalue weighted by Gasteiger charge is 2.35. The van der Waals surface area contributed by atoms with E-state index in [9.17, 15) is 19.2 Å². The fourth-order valence-corrected chi connectivity index (χ4v) is 3.52. The van der Waals surface area contributed by atoms with Gasteiger partial charge in [0.15, 0.2) is 0 Å². The molecule has 10 heteroatoms. The number of amides is 4. The number of ether oxygens (including phenoxy) is 1. The first-order valence-corrected chi connectivity index (χ1v) is 10.5. The molecule has 0 radical (unpaired) electrons. The number of carboxylic acid groups (broad SMARTS) is 1. The van der Waals surface area contributed by atoms with Gasteiger partial charge in [0, 0.05) is 17.3 Å². The first-order valence-electron chi connectivity index (χ1n) is 10.5. The number of aryl methyl sites for hydroxylation is 1. The summed E-state index contributed by atoms with van der Waals surface area (Å²) in [6, 6.07) is 13.8. The first-order chi connectivity index (χ1) is 16.7. The molecule has 0 saturated carbocycles. The van der Waals surface area contributed by atoms with E-state index in [1.54, 1.807) is 49.4 Å². The molecule has 0 bridgehead atoms. The number of nitrogens with one attached hydrogen (secondary N) is 2. The number of carbonyl (C=O) groups excluding carboxylic acids is 3. The number of benzene rings is 2. The quantitative estimate of drug-likeness (QED) is 0.351. The summed E-state index contributed by atoms with van der Waals surface area (Å²) in [5.74, 6) is -0.836. The van der Waals surface area contributed by atoms with E-state index in [1.165, 1.54) is 25.3 Å². The standard InChI is InChI=1S/C25H21N3O7/c1-14-11-15(24(31)32)3-9-19(14)21-10-8-18(35-21)12-20-23(30)28(25(33)27-20)13-22(29)26-16-4-6-17(34-2)7-5-16/h3-12H,13H2,1-2H3,(H,26,29)(H,27,33)(H,31,32)/b20-12-. The molecule has 0 unspecified atom stereocenters. The molecule has 4 rings (SSSR count). The lowest BCUT2D eigenvalue weighted by molar-refractivity contribution is -0.127. The maximum absolute atomic E-state index is 12.7. The third-order valence-corrected chi connectivity index (χ3v) is 5.29. The summed E-state index contributed by atoms with van der Waals surface area (Å²) in [7, 11) is 1.53. The summed E-state index contributed by atoms with van der Waals surface area (Å²) in [4.78, 5) is 49.3. The van der Waals surface area contributed by atoms with Crippen molar-refractivity contribution < 1.29 is 33.4 Å². The van der Waals surface area contributed by atoms with Gasteiger partial charge >= 0.3 is 12.0 Å². The molecule has 2 heterocycles. The molecule has 0 aliphatic carbocycles. The van der Waals surface area contributed by atoms with Crippen molar-refractivity contribution in [3.8, 4) is 17.1 Å². The van der Waals surface area contributed by atoms with Gasteiger partial charge in [-0.2, -0.15) is 0 Å². The minimum atomic E-state index is -1.03. The molecule has 3 N–H and O–H groups in total. The second kappa shape index (κ2) is 9.56. The third-order valence-electron chi connectivity index (χ3n) is 5.29. The molecule has 0 atom stereocenters. The van der Waals surface area contributed by atoms with Crippen LogP contribution in [0.1, 0.15) is 21.7 Å². The molecule has 1 aromatic heterocycles. The average Bonchev–Trinajstić information content (AvgIpc) is 3.39. The zero-order valence-corrected chi connectivity index (χ0v) is 18.8. The Morgan fingerprint density at radius 3 is 2.51 bits per heavy atom. The summed E-state index contributed by atoms with van der Waals surface area (Å²) in [6.45, 7) is 1.30. The average molecular weight is 475 g/mol. The zero-order chi connectivity index (χ0) is 25.1. The number of hydrogen-bond donors (Lipinski definition) is 3. The summed E-state index contributed by atoms with van der Waals surface area (Å²) in [6.07, 6.45) is 1.37. The van der Waals surface area contributed by atoms with Crippen LogP contribution in [0.15, 0.2) is 64.7 Å². The lowest BCUT2D eigenvalue weighted by Crippen LogP contribution is -2.38. The lowest BCUT2D eigenvalue weighted by atomic mass is 10.0. The molecule has 178 valence electrons. The van der Waals surface area contributed by atoms with Gasteiger partial charge in [0.1, 0.15) is 29.5 Å². The Morgan fingerprint density at radius 1 is 1.11 bits per heavy atom. The van der Waals surface area contributed by atoms with Crippen LogP contribution in [0, 0.1) is 6.92 Å². The van der Waals surface area contributed by atoms with Crippen molar-refractivity contribution in [3.05, 3.63) is 77.2 Å². The van der Waals surface area contributed by atoms with E-state index < -0.39 is 30.4 Å². The van der Waals surface area contributed by atoms with E-state index in [-0.39, 0.29) is 11.3 Å². The van der Waals surface area contributed by atoms with Gasteiger partial charge in [-0.05, 0) is 61.0 Å². The summed E-state index contributed by atoms with van der Waals surface area (Å²) in [5, 5.41) is 14.2. The number of urea groups is 1.